The van der Waals surface area contributed by atoms with Crippen LogP contribution in [0.2, 0.25) is 0 Å². The number of methoxy groups -OCH3 is 1. The van der Waals surface area contributed by atoms with Gasteiger partial charge in [0.05, 0.1) is 18.7 Å². The first-order chi connectivity index (χ1) is 13.4. The van der Waals surface area contributed by atoms with Crippen LogP contribution in [-0.2, 0) is 32.3 Å². The van der Waals surface area contributed by atoms with Crippen molar-refractivity contribution in [3.05, 3.63) is 23.0 Å². The lowest BCUT2D eigenvalue weighted by atomic mass is 9.91. The molecule has 158 valence electrons. The van der Waals surface area contributed by atoms with Crippen LogP contribution in [0.25, 0.3) is 0 Å². The van der Waals surface area contributed by atoms with Crippen molar-refractivity contribution in [3.63, 3.8) is 0 Å². The largest absolute Gasteiger partial charge is 0.506 e. The normalized spacial score (nSPS) is 10.8. The summed E-state index contributed by atoms with van der Waals surface area (Å²) in [6.07, 6.45) is 13.4. The van der Waals surface area contributed by atoms with Crippen molar-refractivity contribution >= 4 is 12.3 Å². The summed E-state index contributed by atoms with van der Waals surface area (Å²) in [5.74, 6) is 4.73. The Kier molecular flexibility index (Phi) is 10.7. The van der Waals surface area contributed by atoms with Gasteiger partial charge in [-0.2, -0.15) is 0 Å². The van der Waals surface area contributed by atoms with Gasteiger partial charge in [0.25, 0.3) is 0 Å². The molecule has 0 aliphatic rings. The average molecular weight is 402 g/mol. The Bertz CT molecular complexity index is 782. The smallest absolute Gasteiger partial charge is 0.307 e. The predicted octanol–water partition coefficient (Wildman–Crippen LogP) is 3.57. The standard InChI is InChI=1S/C16H21NO4.C7H10O/c1-6-16(3,4)7-14(18)21-9-12-8-17-11(2)15(19)13(12)10-20-5;1-4-7(2,3)5-6-8/h1,8,19H,7,9-10H2,2-5H3;1,6H,5H2,2-3H3. The predicted molar refractivity (Wildman–Crippen MR) is 112 cm³/mol. The molecule has 1 N–H and O–H groups in total. The highest BCUT2D eigenvalue weighted by Gasteiger charge is 2.21. The van der Waals surface area contributed by atoms with E-state index < -0.39 is 5.41 Å². The Morgan fingerprint density at radius 2 is 1.79 bits per heavy atom. The molecule has 0 atom stereocenters. The van der Waals surface area contributed by atoms with Gasteiger partial charge in [-0.1, -0.05) is 5.92 Å². The minimum atomic E-state index is -0.542. The van der Waals surface area contributed by atoms with Gasteiger partial charge in [0.1, 0.15) is 18.6 Å². The van der Waals surface area contributed by atoms with Crippen molar-refractivity contribution in [2.75, 3.05) is 7.11 Å². The first-order valence-electron chi connectivity index (χ1n) is 9.13. The lowest BCUT2D eigenvalue weighted by Crippen LogP contribution is -2.17. The summed E-state index contributed by atoms with van der Waals surface area (Å²) in [5.41, 5.74) is 0.911. The molecule has 1 aromatic rings. The van der Waals surface area contributed by atoms with Gasteiger partial charge in [-0.15, -0.1) is 18.8 Å². The van der Waals surface area contributed by atoms with Gasteiger partial charge >= 0.3 is 5.97 Å². The van der Waals surface area contributed by atoms with Crippen LogP contribution in [0.1, 0.15) is 57.4 Å². The van der Waals surface area contributed by atoms with Gasteiger partial charge in [0.2, 0.25) is 0 Å². The highest BCUT2D eigenvalue weighted by molar-refractivity contribution is 5.70. The number of nitrogens with zero attached hydrogens (tertiary/aromatic N) is 1. The summed E-state index contributed by atoms with van der Waals surface area (Å²) in [6, 6.07) is 0. The van der Waals surface area contributed by atoms with E-state index in [4.69, 9.17) is 22.3 Å². The molecule has 0 saturated heterocycles. The number of esters is 1. The second-order valence-corrected chi connectivity index (χ2v) is 7.89. The van der Waals surface area contributed by atoms with E-state index in [1.165, 1.54) is 7.11 Å². The first-order valence-corrected chi connectivity index (χ1v) is 9.13. The lowest BCUT2D eigenvalue weighted by Gasteiger charge is -2.17. The Labute approximate surface area is 174 Å². The van der Waals surface area contributed by atoms with Crippen LogP contribution in [-0.4, -0.2) is 29.5 Å². The molecule has 1 heterocycles. The van der Waals surface area contributed by atoms with Crippen LogP contribution in [0, 0.1) is 42.4 Å². The highest BCUT2D eigenvalue weighted by Crippen LogP contribution is 2.26. The fourth-order valence-electron chi connectivity index (χ4n) is 2.00. The number of ether oxygens (including phenoxy) is 2. The van der Waals surface area contributed by atoms with Crippen LogP contribution >= 0.6 is 0 Å². The van der Waals surface area contributed by atoms with E-state index in [0.717, 1.165) is 6.29 Å². The second kappa shape index (κ2) is 11.9. The van der Waals surface area contributed by atoms with Crippen LogP contribution in [0.15, 0.2) is 6.20 Å². The molecule has 0 fully saturated rings. The van der Waals surface area contributed by atoms with Gasteiger partial charge in [-0.3, -0.25) is 9.78 Å². The third-order valence-electron chi connectivity index (χ3n) is 4.07. The highest BCUT2D eigenvalue weighted by atomic mass is 16.5. The van der Waals surface area contributed by atoms with Crippen LogP contribution in [0.5, 0.6) is 5.75 Å². The number of rotatable bonds is 8. The summed E-state index contributed by atoms with van der Waals surface area (Å²) in [5, 5.41) is 9.99. The molecular formula is C23H31NO5. The van der Waals surface area contributed by atoms with Gasteiger partial charge in [0, 0.05) is 41.7 Å². The monoisotopic (exact) mass is 401 g/mol. The topological polar surface area (TPSA) is 85.7 Å². The third kappa shape index (κ3) is 9.78. The quantitative estimate of drug-likeness (QED) is 0.407. The van der Waals surface area contributed by atoms with E-state index in [1.54, 1.807) is 27.0 Å². The van der Waals surface area contributed by atoms with Gasteiger partial charge in [0.15, 0.2) is 0 Å². The van der Waals surface area contributed by atoms with Crippen molar-refractivity contribution in [3.8, 4) is 30.4 Å². The van der Waals surface area contributed by atoms with E-state index in [2.05, 4.69) is 16.8 Å². The number of hydrogen-bond donors (Lipinski definition) is 1. The Balaban J connectivity index is 0.000000828. The van der Waals surface area contributed by atoms with E-state index in [0.29, 0.717) is 23.2 Å². The summed E-state index contributed by atoms with van der Waals surface area (Å²) >= 11 is 0. The number of carbonyl (C=O) groups is 2. The molecule has 0 aliphatic heterocycles. The minimum Gasteiger partial charge on any atom is -0.506 e. The maximum atomic E-state index is 11.8. The second-order valence-electron chi connectivity index (χ2n) is 7.89. The zero-order chi connectivity index (χ0) is 22.7. The molecule has 0 aliphatic carbocycles. The maximum Gasteiger partial charge on any atom is 0.307 e. The van der Waals surface area contributed by atoms with E-state index in [1.807, 2.05) is 13.8 Å². The van der Waals surface area contributed by atoms with Crippen LogP contribution < -0.4 is 0 Å². The van der Waals surface area contributed by atoms with Gasteiger partial charge < -0.3 is 19.4 Å². The summed E-state index contributed by atoms with van der Waals surface area (Å²) in [7, 11) is 1.53. The fraction of sp³-hybridized carbons (Fsp3) is 0.522. The molecule has 0 amide bonds. The zero-order valence-electron chi connectivity index (χ0n) is 18.2. The number of aryl methyl sites for hydroxylation is 1. The molecule has 0 bridgehead atoms. The molecule has 0 aromatic carbocycles. The summed E-state index contributed by atoms with van der Waals surface area (Å²) < 4.78 is 10.3. The summed E-state index contributed by atoms with van der Waals surface area (Å²) in [6.45, 7) is 9.26. The van der Waals surface area contributed by atoms with E-state index >= 15 is 0 Å². The van der Waals surface area contributed by atoms with Crippen molar-refractivity contribution < 1.29 is 24.2 Å². The number of aldehydes is 1. The lowest BCUT2D eigenvalue weighted by molar-refractivity contribution is -0.146. The van der Waals surface area contributed by atoms with Crippen molar-refractivity contribution in [1.29, 1.82) is 0 Å². The molecule has 1 aromatic heterocycles. The molecule has 0 radical (unpaired) electrons. The number of aromatic nitrogens is 1. The summed E-state index contributed by atoms with van der Waals surface area (Å²) in [4.78, 5) is 25.7. The van der Waals surface area contributed by atoms with Crippen molar-refractivity contribution in [2.45, 2.75) is 60.7 Å². The molecule has 0 spiro atoms. The zero-order valence-corrected chi connectivity index (χ0v) is 18.2. The van der Waals surface area contributed by atoms with Crippen LogP contribution in [0.4, 0.5) is 0 Å². The SMILES string of the molecule is C#CC(C)(C)CC(=O)OCc1cnc(C)c(O)c1COC.C#CC(C)(C)CC=O. The molecule has 6 nitrogen and oxygen atoms in total. The molecule has 0 unspecified atom stereocenters. The number of aromatic hydroxyl groups is 1. The molecule has 29 heavy (non-hydrogen) atoms. The Morgan fingerprint density at radius 3 is 2.24 bits per heavy atom. The number of terminal acetylenes is 2. The Hall–Kier alpha value is -2.83. The molecule has 1 rings (SSSR count). The fourth-order valence-corrected chi connectivity index (χ4v) is 2.00. The number of carbonyl (C=O) groups excluding carboxylic acids is 2. The molecule has 6 heteroatoms. The average Bonchev–Trinajstić information content (AvgIpc) is 2.65. The Morgan fingerprint density at radius 1 is 1.21 bits per heavy atom. The van der Waals surface area contributed by atoms with Crippen LogP contribution in [0.3, 0.4) is 0 Å². The van der Waals surface area contributed by atoms with Gasteiger partial charge in [-0.25, -0.2) is 0 Å². The number of hydrogen-bond acceptors (Lipinski definition) is 6. The van der Waals surface area contributed by atoms with E-state index in [-0.39, 0.29) is 36.8 Å². The molecular weight excluding hydrogens is 370 g/mol. The van der Waals surface area contributed by atoms with E-state index in [9.17, 15) is 14.7 Å². The van der Waals surface area contributed by atoms with Crippen molar-refractivity contribution in [1.82, 2.24) is 4.98 Å². The van der Waals surface area contributed by atoms with Crippen molar-refractivity contribution in [2.24, 2.45) is 10.8 Å². The van der Waals surface area contributed by atoms with Gasteiger partial charge in [-0.05, 0) is 34.6 Å². The molecule has 0 saturated carbocycles. The first kappa shape index (κ1) is 26.2. The number of pyridine rings is 1. The third-order valence-corrected chi connectivity index (χ3v) is 4.07. The maximum absolute atomic E-state index is 11.8. The minimum absolute atomic E-state index is 0.0268.